The second-order valence-corrected chi connectivity index (χ2v) is 2.58. The van der Waals surface area contributed by atoms with Crippen LogP contribution in [0.15, 0.2) is 24.3 Å². The second-order valence-electron chi connectivity index (χ2n) is 2.58. The summed E-state index contributed by atoms with van der Waals surface area (Å²) in [6, 6.07) is 9.07. The molecule has 0 spiro atoms. The summed E-state index contributed by atoms with van der Waals surface area (Å²) in [4.78, 5) is 0. The van der Waals surface area contributed by atoms with Gasteiger partial charge in [-0.15, -0.1) is 12.4 Å². The monoisotopic (exact) mass is 197 g/mol. The number of benzene rings is 1. The Labute approximate surface area is 83.8 Å². The van der Waals surface area contributed by atoms with Crippen molar-refractivity contribution in [2.45, 2.75) is 6.04 Å². The van der Waals surface area contributed by atoms with Gasteiger partial charge in [0.15, 0.2) is 0 Å². The van der Waals surface area contributed by atoms with E-state index in [1.807, 2.05) is 18.2 Å². The van der Waals surface area contributed by atoms with Gasteiger partial charge in [-0.3, -0.25) is 0 Å². The molecule has 0 bridgehead atoms. The fourth-order valence-electron chi connectivity index (χ4n) is 0.975. The fraction of sp³-hybridized carbons (Fsp3) is 0.222. The first-order chi connectivity index (χ1) is 5.77. The van der Waals surface area contributed by atoms with Gasteiger partial charge in [0.25, 0.3) is 0 Å². The molecule has 1 aromatic carbocycles. The van der Waals surface area contributed by atoms with Crippen LogP contribution in [0.2, 0.25) is 0 Å². The molecule has 0 aliphatic rings. The van der Waals surface area contributed by atoms with E-state index in [9.17, 15) is 0 Å². The van der Waals surface area contributed by atoms with E-state index in [0.29, 0.717) is 12.1 Å². The summed E-state index contributed by atoms with van der Waals surface area (Å²) >= 11 is 0. The van der Waals surface area contributed by atoms with Crippen LogP contribution in [-0.4, -0.2) is 6.54 Å². The molecule has 0 unspecified atom stereocenters. The van der Waals surface area contributed by atoms with Crippen LogP contribution in [0, 0.1) is 11.3 Å². The van der Waals surface area contributed by atoms with Crippen LogP contribution in [0.25, 0.3) is 0 Å². The molecule has 0 fully saturated rings. The van der Waals surface area contributed by atoms with Gasteiger partial charge >= 0.3 is 0 Å². The number of nitriles is 1. The van der Waals surface area contributed by atoms with Crippen molar-refractivity contribution in [1.29, 1.82) is 5.26 Å². The maximum atomic E-state index is 8.59. The van der Waals surface area contributed by atoms with E-state index in [1.165, 1.54) is 0 Å². The van der Waals surface area contributed by atoms with Crippen molar-refractivity contribution >= 4 is 12.4 Å². The molecule has 13 heavy (non-hydrogen) atoms. The molecule has 0 aromatic heterocycles. The minimum Gasteiger partial charge on any atom is -0.329 e. The third-order valence-corrected chi connectivity index (χ3v) is 1.70. The Balaban J connectivity index is 0.00000144. The molecule has 70 valence electrons. The van der Waals surface area contributed by atoms with Crippen LogP contribution in [0.5, 0.6) is 0 Å². The Hall–Kier alpha value is -1.08. The summed E-state index contributed by atoms with van der Waals surface area (Å²) in [6.07, 6.45) is 0. The average molecular weight is 198 g/mol. The Bertz CT molecular complexity index is 306. The second kappa shape index (κ2) is 5.55. The van der Waals surface area contributed by atoms with Crippen molar-refractivity contribution in [2.24, 2.45) is 11.5 Å². The normalized spacial score (nSPS) is 11.2. The Morgan fingerprint density at radius 1 is 1.46 bits per heavy atom. The summed E-state index contributed by atoms with van der Waals surface area (Å²) in [5.41, 5.74) is 12.6. The zero-order valence-corrected chi connectivity index (χ0v) is 7.92. The molecular weight excluding hydrogens is 186 g/mol. The lowest BCUT2D eigenvalue weighted by atomic mass is 10.1. The summed E-state index contributed by atoms with van der Waals surface area (Å²) in [6.45, 7) is 0.398. The van der Waals surface area contributed by atoms with E-state index in [1.54, 1.807) is 12.1 Å². The van der Waals surface area contributed by atoms with E-state index in [2.05, 4.69) is 0 Å². The summed E-state index contributed by atoms with van der Waals surface area (Å²) < 4.78 is 0. The lowest BCUT2D eigenvalue weighted by Gasteiger charge is -2.08. The van der Waals surface area contributed by atoms with E-state index in [4.69, 9.17) is 16.7 Å². The zero-order chi connectivity index (χ0) is 8.97. The van der Waals surface area contributed by atoms with E-state index in [0.717, 1.165) is 5.56 Å². The first kappa shape index (κ1) is 11.9. The topological polar surface area (TPSA) is 75.8 Å². The van der Waals surface area contributed by atoms with Gasteiger partial charge < -0.3 is 11.5 Å². The minimum atomic E-state index is -0.168. The highest BCUT2D eigenvalue weighted by atomic mass is 35.5. The largest absolute Gasteiger partial charge is 0.329 e. The van der Waals surface area contributed by atoms with Crippen LogP contribution in [-0.2, 0) is 0 Å². The Kier molecular flexibility index (Phi) is 5.09. The molecule has 0 saturated carbocycles. The smallest absolute Gasteiger partial charge is 0.0991 e. The summed E-state index contributed by atoms with van der Waals surface area (Å²) in [5, 5.41) is 8.59. The number of hydrogen-bond acceptors (Lipinski definition) is 3. The number of rotatable bonds is 2. The number of hydrogen-bond donors (Lipinski definition) is 2. The molecule has 0 amide bonds. The Morgan fingerprint density at radius 2 is 2.15 bits per heavy atom. The highest BCUT2D eigenvalue weighted by molar-refractivity contribution is 5.85. The van der Waals surface area contributed by atoms with Crippen molar-refractivity contribution in [1.82, 2.24) is 0 Å². The van der Waals surface area contributed by atoms with Crippen molar-refractivity contribution < 1.29 is 0 Å². The maximum absolute atomic E-state index is 8.59. The molecule has 0 aliphatic carbocycles. The summed E-state index contributed by atoms with van der Waals surface area (Å²) in [5.74, 6) is 0. The van der Waals surface area contributed by atoms with Crippen LogP contribution >= 0.6 is 12.4 Å². The molecule has 1 aromatic rings. The number of nitrogens with two attached hydrogens (primary N) is 2. The van der Waals surface area contributed by atoms with E-state index >= 15 is 0 Å². The number of nitrogens with zero attached hydrogens (tertiary/aromatic N) is 1. The predicted octanol–water partition coefficient (Wildman–Crippen LogP) is 0.939. The van der Waals surface area contributed by atoms with Crippen molar-refractivity contribution in [2.75, 3.05) is 6.54 Å². The van der Waals surface area contributed by atoms with Crippen molar-refractivity contribution in [3.8, 4) is 6.07 Å². The third kappa shape index (κ3) is 3.03. The lowest BCUT2D eigenvalue weighted by molar-refractivity contribution is 0.737. The van der Waals surface area contributed by atoms with Gasteiger partial charge in [-0.1, -0.05) is 12.1 Å². The molecule has 0 saturated heterocycles. The molecule has 1 rings (SSSR count). The predicted molar refractivity (Wildman–Crippen MR) is 54.4 cm³/mol. The summed E-state index contributed by atoms with van der Waals surface area (Å²) in [7, 11) is 0. The fourth-order valence-corrected chi connectivity index (χ4v) is 0.975. The van der Waals surface area contributed by atoms with E-state index < -0.39 is 0 Å². The molecule has 3 nitrogen and oxygen atoms in total. The van der Waals surface area contributed by atoms with Crippen molar-refractivity contribution in [3.05, 3.63) is 35.4 Å². The molecule has 0 heterocycles. The maximum Gasteiger partial charge on any atom is 0.0991 e. The van der Waals surface area contributed by atoms with Gasteiger partial charge in [-0.25, -0.2) is 0 Å². The van der Waals surface area contributed by atoms with Crippen LogP contribution < -0.4 is 11.5 Å². The number of halogens is 1. The highest BCUT2D eigenvalue weighted by Gasteiger charge is 2.02. The Morgan fingerprint density at radius 3 is 2.69 bits per heavy atom. The van der Waals surface area contributed by atoms with Crippen LogP contribution in [0.1, 0.15) is 17.2 Å². The van der Waals surface area contributed by atoms with E-state index in [-0.39, 0.29) is 18.4 Å². The molecule has 0 aliphatic heterocycles. The first-order valence-electron chi connectivity index (χ1n) is 3.73. The highest BCUT2D eigenvalue weighted by Crippen LogP contribution is 2.10. The van der Waals surface area contributed by atoms with Crippen LogP contribution in [0.4, 0.5) is 0 Å². The molecule has 4 N–H and O–H groups in total. The molecule has 1 atom stereocenters. The third-order valence-electron chi connectivity index (χ3n) is 1.70. The zero-order valence-electron chi connectivity index (χ0n) is 7.10. The quantitative estimate of drug-likeness (QED) is 0.741. The van der Waals surface area contributed by atoms with Crippen LogP contribution in [0.3, 0.4) is 0 Å². The van der Waals surface area contributed by atoms with Crippen molar-refractivity contribution in [3.63, 3.8) is 0 Å². The first-order valence-corrected chi connectivity index (χ1v) is 3.73. The molecular formula is C9H12ClN3. The van der Waals surface area contributed by atoms with Gasteiger partial charge in [0.1, 0.15) is 0 Å². The van der Waals surface area contributed by atoms with Gasteiger partial charge in [0, 0.05) is 12.6 Å². The van der Waals surface area contributed by atoms with Gasteiger partial charge in [0.2, 0.25) is 0 Å². The molecule has 4 heteroatoms. The average Bonchev–Trinajstić information content (AvgIpc) is 2.17. The lowest BCUT2D eigenvalue weighted by Crippen LogP contribution is -2.20. The molecule has 0 radical (unpaired) electrons. The SMILES string of the molecule is Cl.N#Cc1cccc([C@@H](N)CN)c1. The standard InChI is InChI=1S/C9H11N3.ClH/c10-5-7-2-1-3-8(4-7)9(12)6-11;/h1-4,9H,6,11-12H2;1H/t9-;/m0./s1. The minimum absolute atomic E-state index is 0. The van der Waals surface area contributed by atoms with Gasteiger partial charge in [0.05, 0.1) is 11.6 Å². The van der Waals surface area contributed by atoms with Gasteiger partial charge in [-0.2, -0.15) is 5.26 Å². The van der Waals surface area contributed by atoms with Gasteiger partial charge in [-0.05, 0) is 17.7 Å².